The smallest absolute Gasteiger partial charge is 0.236 e. The zero-order valence-electron chi connectivity index (χ0n) is 15.6. The SMILES string of the molecule is COc1ccc(OC)c(C2CCCN2CC(=O)N(C)Cc2cccs2)c1. The zero-order chi connectivity index (χ0) is 18.5. The van der Waals surface area contributed by atoms with Gasteiger partial charge in [-0.1, -0.05) is 6.07 Å². The van der Waals surface area contributed by atoms with Crippen molar-refractivity contribution >= 4 is 17.2 Å². The van der Waals surface area contributed by atoms with E-state index in [-0.39, 0.29) is 11.9 Å². The summed E-state index contributed by atoms with van der Waals surface area (Å²) in [7, 11) is 5.23. The van der Waals surface area contributed by atoms with Crippen LogP contribution >= 0.6 is 11.3 Å². The van der Waals surface area contributed by atoms with Gasteiger partial charge in [0.25, 0.3) is 0 Å². The maximum absolute atomic E-state index is 12.7. The number of amides is 1. The molecule has 0 saturated carbocycles. The van der Waals surface area contributed by atoms with Gasteiger partial charge >= 0.3 is 0 Å². The summed E-state index contributed by atoms with van der Waals surface area (Å²) < 4.78 is 10.9. The molecule has 26 heavy (non-hydrogen) atoms. The summed E-state index contributed by atoms with van der Waals surface area (Å²) in [5.41, 5.74) is 1.10. The number of likely N-dealkylation sites (tertiary alicyclic amines) is 1. The van der Waals surface area contributed by atoms with E-state index in [4.69, 9.17) is 9.47 Å². The van der Waals surface area contributed by atoms with Gasteiger partial charge in [-0.2, -0.15) is 0 Å². The van der Waals surface area contributed by atoms with Gasteiger partial charge in [0.1, 0.15) is 11.5 Å². The predicted molar refractivity (Wildman–Crippen MR) is 104 cm³/mol. The Morgan fingerprint density at radius 1 is 1.31 bits per heavy atom. The fourth-order valence-electron chi connectivity index (χ4n) is 3.49. The number of nitrogens with zero attached hydrogens (tertiary/aromatic N) is 2. The highest BCUT2D eigenvalue weighted by molar-refractivity contribution is 7.09. The van der Waals surface area contributed by atoms with E-state index < -0.39 is 0 Å². The largest absolute Gasteiger partial charge is 0.497 e. The molecule has 0 N–H and O–H groups in total. The van der Waals surface area contributed by atoms with Gasteiger partial charge in [-0.15, -0.1) is 11.3 Å². The number of hydrogen-bond acceptors (Lipinski definition) is 5. The molecule has 0 bridgehead atoms. The summed E-state index contributed by atoms with van der Waals surface area (Å²) in [6, 6.07) is 10.1. The van der Waals surface area contributed by atoms with Crippen molar-refractivity contribution in [1.29, 1.82) is 0 Å². The van der Waals surface area contributed by atoms with Crippen LogP contribution in [0.15, 0.2) is 35.7 Å². The number of ether oxygens (including phenoxy) is 2. The highest BCUT2D eigenvalue weighted by Crippen LogP contribution is 2.38. The molecule has 0 spiro atoms. The first-order valence-electron chi connectivity index (χ1n) is 8.84. The number of methoxy groups -OCH3 is 2. The van der Waals surface area contributed by atoms with Crippen LogP contribution in [0.5, 0.6) is 11.5 Å². The lowest BCUT2D eigenvalue weighted by Gasteiger charge is -2.28. The molecule has 1 aliphatic rings. The van der Waals surface area contributed by atoms with Crippen molar-refractivity contribution in [2.75, 3.05) is 34.4 Å². The number of benzene rings is 1. The van der Waals surface area contributed by atoms with Gasteiger partial charge < -0.3 is 14.4 Å². The molecule has 1 saturated heterocycles. The number of hydrogen-bond donors (Lipinski definition) is 0. The van der Waals surface area contributed by atoms with Crippen LogP contribution in [0.25, 0.3) is 0 Å². The van der Waals surface area contributed by atoms with Gasteiger partial charge in [-0.25, -0.2) is 0 Å². The maximum Gasteiger partial charge on any atom is 0.236 e. The van der Waals surface area contributed by atoms with Crippen molar-refractivity contribution in [2.24, 2.45) is 0 Å². The highest BCUT2D eigenvalue weighted by atomic mass is 32.1. The highest BCUT2D eigenvalue weighted by Gasteiger charge is 2.30. The van der Waals surface area contributed by atoms with Crippen LogP contribution < -0.4 is 9.47 Å². The second kappa shape index (κ2) is 8.56. The Labute approximate surface area is 159 Å². The van der Waals surface area contributed by atoms with Crippen molar-refractivity contribution in [3.05, 3.63) is 46.2 Å². The van der Waals surface area contributed by atoms with E-state index in [0.717, 1.165) is 36.4 Å². The lowest BCUT2D eigenvalue weighted by Crippen LogP contribution is -2.37. The molecule has 1 aliphatic heterocycles. The third kappa shape index (κ3) is 4.19. The average Bonchev–Trinajstić information content (AvgIpc) is 3.33. The van der Waals surface area contributed by atoms with E-state index >= 15 is 0 Å². The Morgan fingerprint density at radius 3 is 2.85 bits per heavy atom. The number of carbonyl (C=O) groups is 1. The Morgan fingerprint density at radius 2 is 2.15 bits per heavy atom. The monoisotopic (exact) mass is 374 g/mol. The van der Waals surface area contributed by atoms with Crippen LogP contribution in [0, 0.1) is 0 Å². The van der Waals surface area contributed by atoms with Crippen LogP contribution in [-0.4, -0.2) is 50.1 Å². The van der Waals surface area contributed by atoms with Gasteiger partial charge in [0, 0.05) is 23.5 Å². The molecule has 0 radical (unpaired) electrons. The molecule has 2 aromatic rings. The third-order valence-electron chi connectivity index (χ3n) is 4.90. The zero-order valence-corrected chi connectivity index (χ0v) is 16.4. The van der Waals surface area contributed by atoms with E-state index in [1.807, 2.05) is 41.6 Å². The van der Waals surface area contributed by atoms with E-state index in [2.05, 4.69) is 11.0 Å². The van der Waals surface area contributed by atoms with Crippen LogP contribution in [0.1, 0.15) is 29.3 Å². The molecular weight excluding hydrogens is 348 g/mol. The third-order valence-corrected chi connectivity index (χ3v) is 5.76. The summed E-state index contributed by atoms with van der Waals surface area (Å²) in [6.07, 6.45) is 2.10. The van der Waals surface area contributed by atoms with Gasteiger partial charge in [-0.3, -0.25) is 9.69 Å². The standard InChI is InChI=1S/C20H26N2O3S/c1-21(13-16-6-5-11-26-16)20(23)14-22-10-4-7-18(22)17-12-15(24-2)8-9-19(17)25-3/h5-6,8-9,11-12,18H,4,7,10,13-14H2,1-3H3. The fraction of sp³-hybridized carbons (Fsp3) is 0.450. The molecule has 1 atom stereocenters. The molecule has 0 aliphatic carbocycles. The Kier molecular flexibility index (Phi) is 6.16. The lowest BCUT2D eigenvalue weighted by atomic mass is 10.0. The molecule has 1 aromatic heterocycles. The first-order valence-corrected chi connectivity index (χ1v) is 9.72. The molecule has 140 valence electrons. The lowest BCUT2D eigenvalue weighted by molar-refractivity contribution is -0.131. The fourth-order valence-corrected chi connectivity index (χ4v) is 4.24. The van der Waals surface area contributed by atoms with Crippen LogP contribution in [0.4, 0.5) is 0 Å². The van der Waals surface area contributed by atoms with Gasteiger partial charge in [0.05, 0.1) is 27.3 Å². The normalized spacial score (nSPS) is 17.3. The molecule has 2 heterocycles. The quantitative estimate of drug-likeness (QED) is 0.743. The summed E-state index contributed by atoms with van der Waals surface area (Å²) in [5.74, 6) is 1.81. The number of likely N-dealkylation sites (N-methyl/N-ethyl adjacent to an activating group) is 1. The van der Waals surface area contributed by atoms with Crippen molar-refractivity contribution in [1.82, 2.24) is 9.80 Å². The second-order valence-corrected chi connectivity index (χ2v) is 7.60. The van der Waals surface area contributed by atoms with Crippen molar-refractivity contribution in [2.45, 2.75) is 25.4 Å². The van der Waals surface area contributed by atoms with Crippen LogP contribution in [-0.2, 0) is 11.3 Å². The van der Waals surface area contributed by atoms with Crippen molar-refractivity contribution in [3.8, 4) is 11.5 Å². The average molecular weight is 375 g/mol. The van der Waals surface area contributed by atoms with E-state index in [9.17, 15) is 4.79 Å². The Balaban J connectivity index is 1.71. The Hall–Kier alpha value is -2.05. The number of rotatable bonds is 7. The summed E-state index contributed by atoms with van der Waals surface area (Å²) in [6.45, 7) is 2.01. The minimum atomic E-state index is 0.146. The molecule has 1 aromatic carbocycles. The minimum absolute atomic E-state index is 0.146. The Bertz CT molecular complexity index is 733. The molecule has 3 rings (SSSR count). The summed E-state index contributed by atoms with van der Waals surface area (Å²) >= 11 is 1.68. The molecule has 1 unspecified atom stereocenters. The molecular formula is C20H26N2O3S. The first-order chi connectivity index (χ1) is 12.6. The number of thiophene rings is 1. The first kappa shape index (κ1) is 18.7. The summed E-state index contributed by atoms with van der Waals surface area (Å²) in [4.78, 5) is 18.0. The van der Waals surface area contributed by atoms with E-state index in [0.29, 0.717) is 13.1 Å². The second-order valence-electron chi connectivity index (χ2n) is 6.57. The maximum atomic E-state index is 12.7. The minimum Gasteiger partial charge on any atom is -0.497 e. The van der Waals surface area contributed by atoms with Crippen LogP contribution in [0.2, 0.25) is 0 Å². The van der Waals surface area contributed by atoms with Crippen molar-refractivity contribution in [3.63, 3.8) is 0 Å². The van der Waals surface area contributed by atoms with Gasteiger partial charge in [0.15, 0.2) is 0 Å². The predicted octanol–water partition coefficient (Wildman–Crippen LogP) is 3.56. The summed E-state index contributed by atoms with van der Waals surface area (Å²) in [5, 5.41) is 2.04. The molecule has 5 nitrogen and oxygen atoms in total. The van der Waals surface area contributed by atoms with E-state index in [1.54, 1.807) is 25.6 Å². The molecule has 1 amide bonds. The van der Waals surface area contributed by atoms with Crippen molar-refractivity contribution < 1.29 is 14.3 Å². The number of carbonyl (C=O) groups excluding carboxylic acids is 1. The van der Waals surface area contributed by atoms with Gasteiger partial charge in [-0.05, 0) is 49.0 Å². The van der Waals surface area contributed by atoms with Crippen LogP contribution in [0.3, 0.4) is 0 Å². The molecule has 6 heteroatoms. The topological polar surface area (TPSA) is 42.0 Å². The molecule has 1 fully saturated rings. The van der Waals surface area contributed by atoms with E-state index in [1.165, 1.54) is 4.88 Å². The van der Waals surface area contributed by atoms with Gasteiger partial charge in [0.2, 0.25) is 5.91 Å².